The third kappa shape index (κ3) is 9.83. The molecule has 1 heterocycles. The summed E-state index contributed by atoms with van der Waals surface area (Å²) in [5, 5.41) is 24.5. The first-order valence-corrected chi connectivity index (χ1v) is 21.3. The second kappa shape index (κ2) is 20.6. The lowest BCUT2D eigenvalue weighted by atomic mass is 9.55. The van der Waals surface area contributed by atoms with Crippen molar-refractivity contribution in [2.45, 2.75) is 115 Å². The van der Waals surface area contributed by atoms with E-state index in [-0.39, 0.29) is 55.8 Å². The summed E-state index contributed by atoms with van der Waals surface area (Å²) in [4.78, 5) is 22.7. The summed E-state index contributed by atoms with van der Waals surface area (Å²) >= 11 is 0. The van der Waals surface area contributed by atoms with Gasteiger partial charge < -0.3 is 34.2 Å². The highest BCUT2D eigenvalue weighted by atomic mass is 19.1. The topological polar surface area (TPSA) is 110 Å². The van der Waals surface area contributed by atoms with Crippen molar-refractivity contribution >= 4 is 11.6 Å². The van der Waals surface area contributed by atoms with Gasteiger partial charge in [0.1, 0.15) is 36.6 Å². The number of fused-ring (bicyclic) bond motifs is 2. The molecule has 0 saturated heterocycles. The average Bonchev–Trinajstić information content (AvgIpc) is 3.75. The van der Waals surface area contributed by atoms with E-state index in [1.807, 2.05) is 24.0 Å². The number of rotatable bonds is 22. The van der Waals surface area contributed by atoms with Crippen LogP contribution in [-0.4, -0.2) is 71.6 Å². The van der Waals surface area contributed by atoms with Crippen molar-refractivity contribution in [1.29, 1.82) is 0 Å². The van der Waals surface area contributed by atoms with Gasteiger partial charge >= 0.3 is 0 Å². The molecule has 3 aliphatic carbocycles. The van der Waals surface area contributed by atoms with Crippen molar-refractivity contribution in [3.05, 3.63) is 96.4 Å². The second-order valence-electron chi connectivity index (χ2n) is 16.1. The molecule has 9 nitrogen and oxygen atoms in total. The summed E-state index contributed by atoms with van der Waals surface area (Å²) in [7, 11) is 0. The molecule has 2 fully saturated rings. The fourth-order valence-electron chi connectivity index (χ4n) is 9.96. The maximum Gasteiger partial charge on any atom is 0.239 e. The number of ether oxygens (including phenoxy) is 3. The van der Waals surface area contributed by atoms with Crippen LogP contribution in [0.15, 0.2) is 84.6 Å². The van der Waals surface area contributed by atoms with Crippen LogP contribution in [-0.2, 0) is 20.9 Å². The molecule has 2 N–H and O–H groups in total. The number of unbranched alkanes of at least 4 members (excludes halogenated alkanes) is 2. The lowest BCUT2D eigenvalue weighted by Crippen LogP contribution is -2.70. The predicted octanol–water partition coefficient (Wildman–Crippen LogP) is 9.04. The van der Waals surface area contributed by atoms with Crippen LogP contribution in [0, 0.1) is 29.5 Å². The lowest BCUT2D eigenvalue weighted by molar-refractivity contribution is -0.258. The van der Waals surface area contributed by atoms with Crippen LogP contribution in [0.5, 0.6) is 11.5 Å². The summed E-state index contributed by atoms with van der Waals surface area (Å²) in [6, 6.07) is 11.7. The summed E-state index contributed by atoms with van der Waals surface area (Å²) in [5.74, 6) is -0.149. The van der Waals surface area contributed by atoms with Crippen molar-refractivity contribution in [3.8, 4) is 11.5 Å². The molecule has 4 aliphatic rings. The van der Waals surface area contributed by atoms with E-state index in [4.69, 9.17) is 24.2 Å². The number of hydrogen-bond acceptors (Lipinski definition) is 8. The predicted molar refractivity (Wildman–Crippen MR) is 220 cm³/mol. The van der Waals surface area contributed by atoms with Gasteiger partial charge in [0.25, 0.3) is 0 Å². The van der Waals surface area contributed by atoms with Gasteiger partial charge in [0.15, 0.2) is 0 Å². The third-order valence-electron chi connectivity index (χ3n) is 12.5. The van der Waals surface area contributed by atoms with Crippen LogP contribution in [0.4, 0.5) is 4.39 Å². The van der Waals surface area contributed by atoms with E-state index in [9.17, 15) is 19.4 Å². The molecule has 0 spiro atoms. The summed E-state index contributed by atoms with van der Waals surface area (Å²) in [5.41, 5.74) is 3.55. The Hall–Kier alpha value is -3.99. The van der Waals surface area contributed by atoms with Crippen molar-refractivity contribution in [1.82, 2.24) is 4.90 Å². The number of hydrogen-bond donors (Lipinski definition) is 2. The Kier molecular flexibility index (Phi) is 15.4. The average molecular weight is 787 g/mol. The maximum atomic E-state index is 14.9. The number of nitrogens with zero attached hydrogens (tertiary/aromatic N) is 2. The van der Waals surface area contributed by atoms with Crippen molar-refractivity contribution in [3.63, 3.8) is 0 Å². The molecule has 2 aromatic rings. The number of aliphatic hydroxyl groups excluding tert-OH is 2. The third-order valence-corrected chi connectivity index (χ3v) is 12.5. The Morgan fingerprint density at radius 2 is 1.74 bits per heavy atom. The first-order chi connectivity index (χ1) is 27.9. The normalized spacial score (nSPS) is 25.9. The van der Waals surface area contributed by atoms with E-state index in [1.165, 1.54) is 25.0 Å². The molecule has 6 atom stereocenters. The molecule has 2 aromatic carbocycles. The first kappa shape index (κ1) is 42.6. The Labute approximate surface area is 338 Å². The zero-order valence-corrected chi connectivity index (χ0v) is 33.8. The lowest BCUT2D eigenvalue weighted by Gasteiger charge is -2.60. The molecule has 0 radical (unpaired) electrons. The van der Waals surface area contributed by atoms with Gasteiger partial charge in [-0.1, -0.05) is 80.6 Å². The molecule has 10 heteroatoms. The molecule has 0 aromatic heterocycles. The summed E-state index contributed by atoms with van der Waals surface area (Å²) in [6.07, 6.45) is 16.7. The standard InChI is InChI=1S/C47H63FN2O7/c1-4-27-54-37-22-23-42-40(30-37)45-38(16-10-12-26-52)35(15-9-11-25-51)29-39-41(49-56-6-3)31-43(47(57-42,46(39)45)55-28-5-2)50(32-34-17-20-36(48)21-18-34)44(53)24-19-33-13-7-8-14-33/h4-5,17-18,20-23,29-30,33,35,38,43,45-46,51-52H,1-2,6-16,19,24-28,31-32H2,3H3/t35-,38+,43-,45+,46+,47+/m0/s1. The molecular formula is C47H63FN2O7. The van der Waals surface area contributed by atoms with E-state index < -0.39 is 17.7 Å². The van der Waals surface area contributed by atoms with Crippen LogP contribution in [0.1, 0.15) is 107 Å². The smallest absolute Gasteiger partial charge is 0.239 e. The molecule has 0 unspecified atom stereocenters. The molecule has 2 saturated carbocycles. The highest BCUT2D eigenvalue weighted by molar-refractivity contribution is 6.03. The highest BCUT2D eigenvalue weighted by Gasteiger charge is 2.65. The molecular weight excluding hydrogens is 724 g/mol. The van der Waals surface area contributed by atoms with Crippen LogP contribution < -0.4 is 9.47 Å². The molecule has 1 aliphatic heterocycles. The van der Waals surface area contributed by atoms with Crippen molar-refractivity contribution in [2.75, 3.05) is 33.0 Å². The Morgan fingerprint density at radius 3 is 2.44 bits per heavy atom. The van der Waals surface area contributed by atoms with E-state index in [2.05, 4.69) is 25.3 Å². The fraction of sp³-hybridized carbons (Fsp3) is 0.574. The number of benzene rings is 2. The Morgan fingerprint density at radius 1 is 1.00 bits per heavy atom. The number of allylic oxidation sites excluding steroid dienone is 1. The van der Waals surface area contributed by atoms with Gasteiger partial charge in [-0.25, -0.2) is 4.39 Å². The molecule has 57 heavy (non-hydrogen) atoms. The SMILES string of the molecule is C=CCOc1ccc2c(c1)[C@H]1[C@H](CCCCO)[C@@H](CCCCO)C=C3C(=NOCC)C[C@H](N(Cc4ccc(F)cc4)C(=O)CCC4CCCC4)[C@@](OCC=C)(O2)[C@H]31. The van der Waals surface area contributed by atoms with Gasteiger partial charge in [0, 0.05) is 44.1 Å². The van der Waals surface area contributed by atoms with Crippen molar-refractivity contribution < 1.29 is 38.4 Å². The largest absolute Gasteiger partial charge is 0.490 e. The van der Waals surface area contributed by atoms with Gasteiger partial charge in [-0.2, -0.15) is 0 Å². The van der Waals surface area contributed by atoms with Gasteiger partial charge in [-0.15, -0.1) is 6.58 Å². The number of carbonyl (C=O) groups is 1. The van der Waals surface area contributed by atoms with Crippen molar-refractivity contribution in [2.24, 2.45) is 28.8 Å². The summed E-state index contributed by atoms with van der Waals surface area (Å²) < 4.78 is 34.8. The Balaban J connectivity index is 1.57. The molecule has 0 bridgehead atoms. The van der Waals surface area contributed by atoms with Crippen LogP contribution in [0.2, 0.25) is 0 Å². The van der Waals surface area contributed by atoms with E-state index in [1.54, 1.807) is 24.3 Å². The van der Waals surface area contributed by atoms with Gasteiger partial charge in [-0.05, 0) is 98.2 Å². The highest BCUT2D eigenvalue weighted by Crippen LogP contribution is 2.62. The first-order valence-electron chi connectivity index (χ1n) is 21.3. The number of oxime groups is 1. The van der Waals surface area contributed by atoms with Crippen LogP contribution in [0.25, 0.3) is 0 Å². The molecule has 6 rings (SSSR count). The number of amides is 1. The second-order valence-corrected chi connectivity index (χ2v) is 16.1. The number of carbonyl (C=O) groups excluding carboxylic acids is 1. The number of aliphatic hydroxyl groups is 2. The minimum absolute atomic E-state index is 0.00250. The number of halogens is 1. The summed E-state index contributed by atoms with van der Waals surface area (Å²) in [6.45, 7) is 11.2. The zero-order valence-electron chi connectivity index (χ0n) is 33.8. The van der Waals surface area contributed by atoms with E-state index in [0.29, 0.717) is 56.3 Å². The molecule has 310 valence electrons. The Bertz CT molecular complexity index is 1710. The molecule has 1 amide bonds. The quantitative estimate of drug-likeness (QED) is 0.0697. The minimum Gasteiger partial charge on any atom is -0.490 e. The van der Waals surface area contributed by atoms with Gasteiger partial charge in [0.2, 0.25) is 11.7 Å². The van der Waals surface area contributed by atoms with E-state index >= 15 is 0 Å². The fourth-order valence-corrected chi connectivity index (χ4v) is 9.96. The van der Waals surface area contributed by atoms with Gasteiger partial charge in [-0.3, -0.25) is 4.79 Å². The maximum absolute atomic E-state index is 14.9. The van der Waals surface area contributed by atoms with Gasteiger partial charge in [0.05, 0.1) is 18.2 Å². The minimum atomic E-state index is -1.36. The zero-order chi connectivity index (χ0) is 40.2. The monoisotopic (exact) mass is 786 g/mol. The van der Waals surface area contributed by atoms with Crippen LogP contribution >= 0.6 is 0 Å². The van der Waals surface area contributed by atoms with E-state index in [0.717, 1.165) is 67.4 Å². The van der Waals surface area contributed by atoms with Crippen LogP contribution in [0.3, 0.4) is 0 Å².